The highest BCUT2D eigenvalue weighted by molar-refractivity contribution is 6.04. The van der Waals surface area contributed by atoms with E-state index in [0.717, 1.165) is 5.69 Å². The molecule has 3 aromatic heterocycles. The zero-order valence-corrected chi connectivity index (χ0v) is 16.6. The van der Waals surface area contributed by atoms with Gasteiger partial charge in [-0.1, -0.05) is 6.07 Å². The van der Waals surface area contributed by atoms with Crippen LogP contribution in [0.3, 0.4) is 0 Å². The van der Waals surface area contributed by atoms with Crippen LogP contribution in [0, 0.1) is 0 Å². The van der Waals surface area contributed by atoms with E-state index < -0.39 is 0 Å². The fraction of sp³-hybridized carbons (Fsp3) is 0. The highest BCUT2D eigenvalue weighted by atomic mass is 16.1. The molecule has 2 N–H and O–H groups in total. The van der Waals surface area contributed by atoms with E-state index in [1.165, 1.54) is 17.3 Å². The lowest BCUT2D eigenvalue weighted by atomic mass is 10.2. The summed E-state index contributed by atoms with van der Waals surface area (Å²) < 4.78 is 3.14. The predicted octanol–water partition coefficient (Wildman–Crippen LogP) is 2.63. The van der Waals surface area contributed by atoms with Crippen molar-refractivity contribution in [2.45, 2.75) is 0 Å². The molecule has 0 atom stereocenters. The molecule has 0 saturated carbocycles. The molecule has 1 amide bonds. The first-order valence-corrected chi connectivity index (χ1v) is 9.58. The van der Waals surface area contributed by atoms with Crippen LogP contribution in [0.2, 0.25) is 0 Å². The monoisotopic (exact) mass is 424 g/mol. The normalized spacial score (nSPS) is 10.6. The van der Waals surface area contributed by atoms with Gasteiger partial charge in [-0.15, -0.1) is 5.10 Å². The summed E-state index contributed by atoms with van der Waals surface area (Å²) >= 11 is 0. The Bertz CT molecular complexity index is 1330. The third-order valence-corrected chi connectivity index (χ3v) is 4.53. The van der Waals surface area contributed by atoms with Gasteiger partial charge in [-0.25, -0.2) is 19.3 Å². The minimum Gasteiger partial charge on any atom is -0.340 e. The fourth-order valence-electron chi connectivity index (χ4n) is 3.00. The summed E-state index contributed by atoms with van der Waals surface area (Å²) in [5.74, 6) is 1.04. The summed E-state index contributed by atoms with van der Waals surface area (Å²) in [5.41, 5.74) is 2.66. The number of aromatic nitrogens is 8. The predicted molar refractivity (Wildman–Crippen MR) is 116 cm³/mol. The standard InChI is InChI=1S/C21H16N10O/c32-21(15-3-1-4-18(11-15)31-14-24-28-29-31)27-17-7-5-16(6-8-17)26-19-12-20(23-13-22-19)30-10-2-9-25-30/h1-14H,(H,27,32)(H,22,23,26). The molecule has 0 saturated heterocycles. The number of tetrazole rings is 1. The van der Waals surface area contributed by atoms with Gasteiger partial charge in [-0.05, 0) is 59.0 Å². The van der Waals surface area contributed by atoms with Gasteiger partial charge in [0.25, 0.3) is 5.91 Å². The second kappa shape index (κ2) is 8.44. The van der Waals surface area contributed by atoms with Crippen molar-refractivity contribution in [3.05, 3.63) is 91.3 Å². The lowest BCUT2D eigenvalue weighted by Gasteiger charge is -2.09. The molecule has 0 fully saturated rings. The van der Waals surface area contributed by atoms with E-state index in [0.29, 0.717) is 28.6 Å². The van der Waals surface area contributed by atoms with Gasteiger partial charge in [0.15, 0.2) is 5.82 Å². The Morgan fingerprint density at radius 1 is 0.906 bits per heavy atom. The van der Waals surface area contributed by atoms with Crippen molar-refractivity contribution in [3.63, 3.8) is 0 Å². The second-order valence-corrected chi connectivity index (χ2v) is 6.67. The van der Waals surface area contributed by atoms with Gasteiger partial charge in [-0.2, -0.15) is 5.10 Å². The Morgan fingerprint density at radius 2 is 1.78 bits per heavy atom. The summed E-state index contributed by atoms with van der Waals surface area (Å²) in [4.78, 5) is 21.1. The van der Waals surface area contributed by atoms with Gasteiger partial charge < -0.3 is 10.6 Å². The topological polar surface area (TPSA) is 128 Å². The minimum absolute atomic E-state index is 0.236. The average molecular weight is 424 g/mol. The van der Waals surface area contributed by atoms with Gasteiger partial charge >= 0.3 is 0 Å². The molecular formula is C21H16N10O. The summed E-state index contributed by atoms with van der Waals surface area (Å²) in [5, 5.41) is 21.3. The maximum absolute atomic E-state index is 12.6. The van der Waals surface area contributed by atoms with Gasteiger partial charge in [0.1, 0.15) is 18.5 Å². The van der Waals surface area contributed by atoms with Crippen molar-refractivity contribution in [2.75, 3.05) is 10.6 Å². The van der Waals surface area contributed by atoms with E-state index in [4.69, 9.17) is 0 Å². The number of carbonyl (C=O) groups excluding carboxylic acids is 1. The Balaban J connectivity index is 1.26. The third-order valence-electron chi connectivity index (χ3n) is 4.53. The van der Waals surface area contributed by atoms with Crippen molar-refractivity contribution in [3.8, 4) is 11.5 Å². The smallest absolute Gasteiger partial charge is 0.255 e. The number of anilines is 3. The Morgan fingerprint density at radius 3 is 2.56 bits per heavy atom. The van der Waals surface area contributed by atoms with Gasteiger partial charge in [0.2, 0.25) is 0 Å². The first kappa shape index (κ1) is 19.1. The third kappa shape index (κ3) is 4.16. The Labute approximate surface area is 181 Å². The summed E-state index contributed by atoms with van der Waals surface area (Å²) in [6.45, 7) is 0. The number of carbonyl (C=O) groups is 1. The van der Waals surface area contributed by atoms with Crippen molar-refractivity contribution in [1.82, 2.24) is 40.0 Å². The molecular weight excluding hydrogens is 408 g/mol. The number of benzene rings is 2. The second-order valence-electron chi connectivity index (χ2n) is 6.67. The molecule has 0 aliphatic carbocycles. The summed E-state index contributed by atoms with van der Waals surface area (Å²) in [6, 6.07) is 18.0. The van der Waals surface area contributed by atoms with Gasteiger partial charge in [0.05, 0.1) is 5.69 Å². The first-order valence-electron chi connectivity index (χ1n) is 9.58. The van der Waals surface area contributed by atoms with Crippen LogP contribution in [-0.2, 0) is 0 Å². The van der Waals surface area contributed by atoms with Crippen molar-refractivity contribution >= 4 is 23.1 Å². The quantitative estimate of drug-likeness (QED) is 0.426. The molecule has 0 radical (unpaired) electrons. The molecule has 2 aromatic carbocycles. The molecule has 32 heavy (non-hydrogen) atoms. The highest BCUT2D eigenvalue weighted by Gasteiger charge is 2.09. The molecule has 5 aromatic rings. The van der Waals surface area contributed by atoms with Crippen LogP contribution in [-0.4, -0.2) is 45.9 Å². The lowest BCUT2D eigenvalue weighted by molar-refractivity contribution is 0.102. The van der Waals surface area contributed by atoms with Crippen LogP contribution in [0.1, 0.15) is 10.4 Å². The fourth-order valence-corrected chi connectivity index (χ4v) is 3.00. The Kier molecular flexibility index (Phi) is 5.02. The highest BCUT2D eigenvalue weighted by Crippen LogP contribution is 2.19. The van der Waals surface area contributed by atoms with Gasteiger partial charge in [-0.3, -0.25) is 4.79 Å². The SMILES string of the molecule is O=C(Nc1ccc(Nc2cc(-n3cccn3)ncn2)cc1)c1cccc(-n2cnnn2)c1. The lowest BCUT2D eigenvalue weighted by Crippen LogP contribution is -2.12. The molecule has 0 aliphatic rings. The largest absolute Gasteiger partial charge is 0.340 e. The molecule has 5 rings (SSSR count). The average Bonchev–Trinajstić information content (AvgIpc) is 3.55. The molecule has 0 aliphatic heterocycles. The minimum atomic E-state index is -0.236. The van der Waals surface area contributed by atoms with Crippen LogP contribution in [0.4, 0.5) is 17.2 Å². The molecule has 3 heterocycles. The number of rotatable bonds is 6. The van der Waals surface area contributed by atoms with E-state index in [2.05, 4.69) is 41.2 Å². The molecule has 11 heteroatoms. The zero-order chi connectivity index (χ0) is 21.8. The van der Waals surface area contributed by atoms with E-state index in [1.807, 2.05) is 30.5 Å². The van der Waals surface area contributed by atoms with E-state index in [1.54, 1.807) is 47.3 Å². The Hall–Kier alpha value is -4.93. The van der Waals surface area contributed by atoms with Crippen LogP contribution in [0.5, 0.6) is 0 Å². The summed E-state index contributed by atoms with van der Waals surface area (Å²) in [7, 11) is 0. The van der Waals surface area contributed by atoms with Crippen molar-refractivity contribution in [1.29, 1.82) is 0 Å². The van der Waals surface area contributed by atoms with Crippen LogP contribution in [0.15, 0.2) is 85.7 Å². The zero-order valence-electron chi connectivity index (χ0n) is 16.6. The maximum atomic E-state index is 12.6. The number of amides is 1. The van der Waals surface area contributed by atoms with E-state index in [9.17, 15) is 4.79 Å². The molecule has 0 unspecified atom stereocenters. The van der Waals surface area contributed by atoms with Crippen LogP contribution < -0.4 is 10.6 Å². The van der Waals surface area contributed by atoms with Crippen molar-refractivity contribution in [2.24, 2.45) is 0 Å². The number of hydrogen-bond donors (Lipinski definition) is 2. The van der Waals surface area contributed by atoms with Gasteiger partial charge in [0, 0.05) is 35.4 Å². The number of nitrogens with zero attached hydrogens (tertiary/aromatic N) is 8. The number of nitrogens with one attached hydrogen (secondary N) is 2. The molecule has 11 nitrogen and oxygen atoms in total. The van der Waals surface area contributed by atoms with E-state index >= 15 is 0 Å². The maximum Gasteiger partial charge on any atom is 0.255 e. The summed E-state index contributed by atoms with van der Waals surface area (Å²) in [6.07, 6.45) is 6.43. The van der Waals surface area contributed by atoms with E-state index in [-0.39, 0.29) is 5.91 Å². The number of hydrogen-bond acceptors (Lipinski definition) is 8. The molecule has 156 valence electrons. The van der Waals surface area contributed by atoms with Crippen LogP contribution >= 0.6 is 0 Å². The molecule has 0 bridgehead atoms. The molecule has 0 spiro atoms. The van der Waals surface area contributed by atoms with Crippen molar-refractivity contribution < 1.29 is 4.79 Å². The first-order chi connectivity index (χ1) is 15.7. The van der Waals surface area contributed by atoms with Crippen LogP contribution in [0.25, 0.3) is 11.5 Å².